The zero-order valence-corrected chi connectivity index (χ0v) is 8.38. The first kappa shape index (κ1) is 11.6. The minimum Gasteiger partial charge on any atom is -0.468 e. The van der Waals surface area contributed by atoms with Gasteiger partial charge in [0.15, 0.2) is 0 Å². The van der Waals surface area contributed by atoms with E-state index in [9.17, 15) is 13.6 Å². The number of rotatable bonds is 3. The van der Waals surface area contributed by atoms with Gasteiger partial charge in [0.2, 0.25) is 0 Å². The molecule has 0 saturated carbocycles. The lowest BCUT2D eigenvalue weighted by atomic mass is 10.1. The van der Waals surface area contributed by atoms with E-state index in [-0.39, 0.29) is 5.56 Å². The van der Waals surface area contributed by atoms with Crippen LogP contribution in [0.25, 0.3) is 0 Å². The highest BCUT2D eigenvalue weighted by atomic mass is 19.1. The van der Waals surface area contributed by atoms with Crippen LogP contribution >= 0.6 is 0 Å². The maximum absolute atomic E-state index is 12.9. The summed E-state index contributed by atoms with van der Waals surface area (Å²) in [4.78, 5) is 11.2. The van der Waals surface area contributed by atoms with Crippen molar-refractivity contribution in [3.8, 4) is 0 Å². The second-order valence-electron chi connectivity index (χ2n) is 2.95. The summed E-state index contributed by atoms with van der Waals surface area (Å²) < 4.78 is 30.2. The largest absolute Gasteiger partial charge is 0.468 e. The third kappa shape index (κ3) is 2.73. The van der Waals surface area contributed by atoms with Gasteiger partial charge in [-0.05, 0) is 24.7 Å². The fourth-order valence-corrected chi connectivity index (χ4v) is 1.28. The first-order valence-electron chi connectivity index (χ1n) is 4.29. The van der Waals surface area contributed by atoms with Crippen LogP contribution in [0.5, 0.6) is 0 Å². The van der Waals surface area contributed by atoms with Gasteiger partial charge in [-0.3, -0.25) is 0 Å². The summed E-state index contributed by atoms with van der Waals surface area (Å²) in [5.41, 5.74) is 0.196. The Bertz CT molecular complexity index is 348. The van der Waals surface area contributed by atoms with E-state index in [0.29, 0.717) is 0 Å². The Balaban J connectivity index is 3.06. The van der Waals surface area contributed by atoms with E-state index in [1.54, 1.807) is 0 Å². The monoisotopic (exact) mass is 215 g/mol. The molecule has 0 bridgehead atoms. The highest BCUT2D eigenvalue weighted by molar-refractivity contribution is 5.77. The van der Waals surface area contributed by atoms with E-state index in [4.69, 9.17) is 0 Å². The van der Waals surface area contributed by atoms with Gasteiger partial charge < -0.3 is 10.1 Å². The zero-order chi connectivity index (χ0) is 11.4. The van der Waals surface area contributed by atoms with Crippen molar-refractivity contribution in [1.29, 1.82) is 0 Å². The van der Waals surface area contributed by atoms with Crippen LogP contribution in [0.4, 0.5) is 8.78 Å². The van der Waals surface area contributed by atoms with Crippen molar-refractivity contribution in [1.82, 2.24) is 5.32 Å². The van der Waals surface area contributed by atoms with Crippen molar-refractivity contribution >= 4 is 5.97 Å². The average molecular weight is 215 g/mol. The molecule has 0 fully saturated rings. The van der Waals surface area contributed by atoms with Gasteiger partial charge in [-0.15, -0.1) is 0 Å². The molecule has 1 unspecified atom stereocenters. The molecule has 1 aromatic rings. The second-order valence-corrected chi connectivity index (χ2v) is 2.95. The molecule has 0 aliphatic rings. The fraction of sp³-hybridized carbons (Fsp3) is 0.300. The Morgan fingerprint density at radius 3 is 2.27 bits per heavy atom. The van der Waals surface area contributed by atoms with Crippen LogP contribution in [-0.2, 0) is 9.53 Å². The molecule has 82 valence electrons. The summed E-state index contributed by atoms with van der Waals surface area (Å²) >= 11 is 0. The molecule has 1 aromatic carbocycles. The van der Waals surface area contributed by atoms with Gasteiger partial charge in [-0.25, -0.2) is 13.6 Å². The number of hydrogen-bond donors (Lipinski definition) is 1. The Labute approximate surface area is 86.0 Å². The number of likely N-dealkylation sites (N-methyl/N-ethyl adjacent to an activating group) is 1. The SMILES string of the molecule is CNC(C(=O)OC)c1cc(F)cc(F)c1. The Morgan fingerprint density at radius 2 is 1.87 bits per heavy atom. The first-order chi connectivity index (χ1) is 7.08. The summed E-state index contributed by atoms with van der Waals surface area (Å²) in [7, 11) is 2.72. The third-order valence-electron chi connectivity index (χ3n) is 1.94. The van der Waals surface area contributed by atoms with Gasteiger partial charge in [0.1, 0.15) is 17.7 Å². The zero-order valence-electron chi connectivity index (χ0n) is 8.38. The molecular weight excluding hydrogens is 204 g/mol. The molecule has 5 heteroatoms. The smallest absolute Gasteiger partial charge is 0.327 e. The van der Waals surface area contributed by atoms with Crippen LogP contribution in [-0.4, -0.2) is 20.1 Å². The fourth-order valence-electron chi connectivity index (χ4n) is 1.28. The normalized spacial score (nSPS) is 12.3. The molecule has 0 saturated heterocycles. The maximum Gasteiger partial charge on any atom is 0.327 e. The molecule has 0 aromatic heterocycles. The molecule has 15 heavy (non-hydrogen) atoms. The van der Waals surface area contributed by atoms with Crippen LogP contribution < -0.4 is 5.32 Å². The van der Waals surface area contributed by atoms with Crippen molar-refractivity contribution in [2.45, 2.75) is 6.04 Å². The van der Waals surface area contributed by atoms with Gasteiger partial charge >= 0.3 is 5.97 Å². The molecule has 0 aliphatic heterocycles. The van der Waals surface area contributed by atoms with Crippen molar-refractivity contribution in [3.63, 3.8) is 0 Å². The predicted octanol–water partition coefficient (Wildman–Crippen LogP) is 1.40. The molecule has 0 spiro atoms. The number of ether oxygens (including phenoxy) is 1. The molecule has 1 atom stereocenters. The molecule has 1 N–H and O–H groups in total. The van der Waals surface area contributed by atoms with Gasteiger partial charge in [0, 0.05) is 6.07 Å². The summed E-state index contributed by atoms with van der Waals surface area (Å²) in [5.74, 6) is -2.05. The lowest BCUT2D eigenvalue weighted by Crippen LogP contribution is -2.26. The van der Waals surface area contributed by atoms with Crippen molar-refractivity contribution < 1.29 is 18.3 Å². The maximum atomic E-state index is 12.9. The Kier molecular flexibility index (Phi) is 3.74. The van der Waals surface area contributed by atoms with E-state index in [1.165, 1.54) is 14.2 Å². The number of nitrogens with one attached hydrogen (secondary N) is 1. The standard InChI is InChI=1S/C10H11F2NO2/c1-13-9(10(14)15-2)6-3-7(11)5-8(12)4-6/h3-5,9,13H,1-2H3. The Hall–Kier alpha value is -1.49. The van der Waals surface area contributed by atoms with E-state index < -0.39 is 23.6 Å². The third-order valence-corrected chi connectivity index (χ3v) is 1.94. The summed E-state index contributed by atoms with van der Waals surface area (Å²) in [6, 6.07) is 2.05. The van der Waals surface area contributed by atoms with Crippen LogP contribution in [0.3, 0.4) is 0 Å². The molecule has 0 aliphatic carbocycles. The summed E-state index contributed by atoms with van der Waals surface area (Å²) in [6.45, 7) is 0. The molecule has 0 amide bonds. The number of carbonyl (C=O) groups is 1. The van der Waals surface area contributed by atoms with E-state index in [1.807, 2.05) is 0 Å². The van der Waals surface area contributed by atoms with Gasteiger partial charge in [-0.2, -0.15) is 0 Å². The van der Waals surface area contributed by atoms with Crippen molar-refractivity contribution in [3.05, 3.63) is 35.4 Å². The molecule has 3 nitrogen and oxygen atoms in total. The van der Waals surface area contributed by atoms with Gasteiger partial charge in [-0.1, -0.05) is 0 Å². The van der Waals surface area contributed by atoms with Gasteiger partial charge in [0.25, 0.3) is 0 Å². The summed E-state index contributed by atoms with van der Waals surface area (Å²) in [5, 5.41) is 2.62. The van der Waals surface area contributed by atoms with Gasteiger partial charge in [0.05, 0.1) is 7.11 Å². The van der Waals surface area contributed by atoms with Crippen molar-refractivity contribution in [2.75, 3.05) is 14.2 Å². The molecule has 0 heterocycles. The minimum absolute atomic E-state index is 0.196. The molecule has 1 rings (SSSR count). The highest BCUT2D eigenvalue weighted by Gasteiger charge is 2.20. The topological polar surface area (TPSA) is 38.3 Å². The number of carbonyl (C=O) groups excluding carboxylic acids is 1. The highest BCUT2D eigenvalue weighted by Crippen LogP contribution is 2.17. The summed E-state index contributed by atoms with van der Waals surface area (Å²) in [6.07, 6.45) is 0. The van der Waals surface area contributed by atoms with Crippen molar-refractivity contribution in [2.24, 2.45) is 0 Å². The number of hydrogen-bond acceptors (Lipinski definition) is 3. The molecule has 0 radical (unpaired) electrons. The number of esters is 1. The number of methoxy groups -OCH3 is 1. The first-order valence-corrected chi connectivity index (χ1v) is 4.29. The van der Waals surface area contributed by atoms with E-state index in [2.05, 4.69) is 10.1 Å². The Morgan fingerprint density at radius 1 is 1.33 bits per heavy atom. The lowest BCUT2D eigenvalue weighted by molar-refractivity contribution is -0.143. The molecular formula is C10H11F2NO2. The van der Waals surface area contributed by atoms with Crippen LogP contribution in [0.15, 0.2) is 18.2 Å². The lowest BCUT2D eigenvalue weighted by Gasteiger charge is -2.13. The van der Waals surface area contributed by atoms with Crippen LogP contribution in [0, 0.1) is 11.6 Å². The predicted molar refractivity (Wildman–Crippen MR) is 50.2 cm³/mol. The van der Waals surface area contributed by atoms with E-state index in [0.717, 1.165) is 18.2 Å². The quantitative estimate of drug-likeness (QED) is 0.774. The second kappa shape index (κ2) is 4.84. The number of benzene rings is 1. The average Bonchev–Trinajstić information content (AvgIpc) is 2.17. The number of halogens is 2. The van der Waals surface area contributed by atoms with E-state index >= 15 is 0 Å². The minimum atomic E-state index is -0.861. The van der Waals surface area contributed by atoms with Crippen LogP contribution in [0.1, 0.15) is 11.6 Å². The van der Waals surface area contributed by atoms with Crippen LogP contribution in [0.2, 0.25) is 0 Å².